The summed E-state index contributed by atoms with van der Waals surface area (Å²) in [7, 11) is 0. The number of carbonyl (C=O) groups is 2. The molecule has 0 spiro atoms. The first-order chi connectivity index (χ1) is 9.93. The number of carbonyl (C=O) groups excluding carboxylic acids is 1. The van der Waals surface area contributed by atoms with E-state index >= 15 is 0 Å². The van der Waals surface area contributed by atoms with Gasteiger partial charge in [-0.05, 0) is 32.0 Å². The van der Waals surface area contributed by atoms with Gasteiger partial charge in [0.1, 0.15) is 5.52 Å². The molecule has 0 fully saturated rings. The number of carboxylic acids is 1. The fourth-order valence-electron chi connectivity index (χ4n) is 1.96. The number of aliphatic hydroxyl groups excluding tert-OH is 1. The molecular formula is C13H16N4O4. The highest BCUT2D eigenvalue weighted by Gasteiger charge is 2.25. The van der Waals surface area contributed by atoms with Gasteiger partial charge in [0.05, 0.1) is 11.6 Å². The van der Waals surface area contributed by atoms with E-state index in [9.17, 15) is 14.7 Å². The molecule has 0 aliphatic carbocycles. The minimum atomic E-state index is -1.36. The second-order valence-electron chi connectivity index (χ2n) is 4.64. The van der Waals surface area contributed by atoms with Gasteiger partial charge in [0.15, 0.2) is 6.04 Å². The molecule has 112 valence electrons. The number of carboxylic acid groups (broad SMARTS) is 1. The molecule has 0 aliphatic heterocycles. The van der Waals surface area contributed by atoms with Crippen molar-refractivity contribution in [1.82, 2.24) is 20.3 Å². The SMILES string of the molecule is CCn1nnc2cc(C(=O)N[C@H](C(=O)O)[C@@H](C)O)ccc21. The monoisotopic (exact) mass is 292 g/mol. The number of benzene rings is 1. The maximum absolute atomic E-state index is 12.0. The molecule has 0 radical (unpaired) electrons. The fourth-order valence-corrected chi connectivity index (χ4v) is 1.96. The third-order valence-electron chi connectivity index (χ3n) is 3.11. The van der Waals surface area contributed by atoms with Crippen molar-refractivity contribution in [3.8, 4) is 0 Å². The smallest absolute Gasteiger partial charge is 0.328 e. The van der Waals surface area contributed by atoms with Gasteiger partial charge in [-0.25, -0.2) is 9.48 Å². The number of amides is 1. The Balaban J connectivity index is 2.25. The average Bonchev–Trinajstić information content (AvgIpc) is 2.85. The molecule has 0 saturated heterocycles. The summed E-state index contributed by atoms with van der Waals surface area (Å²) >= 11 is 0. The second kappa shape index (κ2) is 5.88. The van der Waals surface area contributed by atoms with Gasteiger partial charge in [-0.1, -0.05) is 5.21 Å². The number of hydrogen-bond acceptors (Lipinski definition) is 5. The number of aliphatic hydroxyl groups is 1. The highest BCUT2D eigenvalue weighted by molar-refractivity contribution is 5.99. The summed E-state index contributed by atoms with van der Waals surface area (Å²) in [5, 5.41) is 28.5. The lowest BCUT2D eigenvalue weighted by Gasteiger charge is -2.16. The Labute approximate surface area is 120 Å². The van der Waals surface area contributed by atoms with Crippen molar-refractivity contribution in [3.05, 3.63) is 23.8 Å². The maximum Gasteiger partial charge on any atom is 0.328 e. The number of nitrogens with one attached hydrogen (secondary N) is 1. The molecule has 1 aromatic heterocycles. The summed E-state index contributed by atoms with van der Waals surface area (Å²) in [6.07, 6.45) is -1.20. The molecule has 2 atom stereocenters. The molecule has 8 nitrogen and oxygen atoms in total. The first-order valence-corrected chi connectivity index (χ1v) is 6.49. The number of rotatable bonds is 5. The maximum atomic E-state index is 12.0. The van der Waals surface area contributed by atoms with Crippen molar-refractivity contribution in [2.24, 2.45) is 0 Å². The number of aryl methyl sites for hydroxylation is 1. The van der Waals surface area contributed by atoms with Crippen LogP contribution in [0, 0.1) is 0 Å². The van der Waals surface area contributed by atoms with E-state index in [0.29, 0.717) is 12.1 Å². The summed E-state index contributed by atoms with van der Waals surface area (Å²) in [5.74, 6) is -1.88. The normalized spacial score (nSPS) is 13.9. The van der Waals surface area contributed by atoms with Crippen LogP contribution in [0.5, 0.6) is 0 Å². The van der Waals surface area contributed by atoms with Crippen molar-refractivity contribution in [3.63, 3.8) is 0 Å². The minimum Gasteiger partial charge on any atom is -0.480 e. The Hall–Kier alpha value is -2.48. The van der Waals surface area contributed by atoms with Gasteiger partial charge in [0.25, 0.3) is 5.91 Å². The molecule has 0 bridgehead atoms. The van der Waals surface area contributed by atoms with Crippen molar-refractivity contribution >= 4 is 22.9 Å². The van der Waals surface area contributed by atoms with Crippen LogP contribution in [0.25, 0.3) is 11.0 Å². The number of nitrogens with zero attached hydrogens (tertiary/aromatic N) is 3. The third kappa shape index (κ3) is 3.00. The summed E-state index contributed by atoms with van der Waals surface area (Å²) in [6, 6.07) is 3.43. The van der Waals surface area contributed by atoms with Gasteiger partial charge in [-0.15, -0.1) is 5.10 Å². The van der Waals surface area contributed by atoms with E-state index in [0.717, 1.165) is 5.52 Å². The zero-order valence-corrected chi connectivity index (χ0v) is 11.6. The lowest BCUT2D eigenvalue weighted by molar-refractivity contribution is -0.141. The van der Waals surface area contributed by atoms with E-state index < -0.39 is 24.0 Å². The van der Waals surface area contributed by atoms with E-state index in [1.54, 1.807) is 16.8 Å². The van der Waals surface area contributed by atoms with Gasteiger partial charge >= 0.3 is 5.97 Å². The van der Waals surface area contributed by atoms with Gasteiger partial charge in [-0.2, -0.15) is 0 Å². The van der Waals surface area contributed by atoms with E-state index in [1.807, 2.05) is 6.92 Å². The Morgan fingerprint density at radius 2 is 2.14 bits per heavy atom. The lowest BCUT2D eigenvalue weighted by atomic mass is 10.1. The minimum absolute atomic E-state index is 0.262. The van der Waals surface area contributed by atoms with E-state index in [-0.39, 0.29) is 5.56 Å². The number of aromatic nitrogens is 3. The summed E-state index contributed by atoms with van der Waals surface area (Å²) in [6.45, 7) is 3.88. The number of hydrogen-bond donors (Lipinski definition) is 3. The molecule has 2 aromatic rings. The molecule has 21 heavy (non-hydrogen) atoms. The second-order valence-corrected chi connectivity index (χ2v) is 4.64. The molecule has 2 rings (SSSR count). The van der Waals surface area contributed by atoms with E-state index in [2.05, 4.69) is 15.6 Å². The summed E-state index contributed by atoms with van der Waals surface area (Å²) in [4.78, 5) is 23.0. The van der Waals surface area contributed by atoms with Crippen LogP contribution in [0.3, 0.4) is 0 Å². The van der Waals surface area contributed by atoms with Gasteiger partial charge < -0.3 is 15.5 Å². The van der Waals surface area contributed by atoms with Crippen molar-refractivity contribution in [2.45, 2.75) is 32.5 Å². The first kappa shape index (κ1) is 14.9. The molecule has 0 unspecified atom stereocenters. The molecule has 0 saturated carbocycles. The van der Waals surface area contributed by atoms with Crippen molar-refractivity contribution in [1.29, 1.82) is 0 Å². The van der Waals surface area contributed by atoms with Crippen LogP contribution < -0.4 is 5.32 Å². The Morgan fingerprint density at radius 3 is 2.71 bits per heavy atom. The molecule has 8 heteroatoms. The van der Waals surface area contributed by atoms with Crippen LogP contribution in [-0.2, 0) is 11.3 Å². The van der Waals surface area contributed by atoms with Crippen LogP contribution in [0.4, 0.5) is 0 Å². The van der Waals surface area contributed by atoms with E-state index in [1.165, 1.54) is 13.0 Å². The largest absolute Gasteiger partial charge is 0.480 e. The van der Waals surface area contributed by atoms with Gasteiger partial charge in [0, 0.05) is 12.1 Å². The molecule has 3 N–H and O–H groups in total. The van der Waals surface area contributed by atoms with Crippen LogP contribution in [-0.4, -0.2) is 49.2 Å². The van der Waals surface area contributed by atoms with Crippen LogP contribution in [0.15, 0.2) is 18.2 Å². The lowest BCUT2D eigenvalue weighted by Crippen LogP contribution is -2.47. The highest BCUT2D eigenvalue weighted by Crippen LogP contribution is 2.13. The average molecular weight is 292 g/mol. The Kier molecular flexibility index (Phi) is 4.18. The third-order valence-corrected chi connectivity index (χ3v) is 3.11. The number of fused-ring (bicyclic) bond motifs is 1. The zero-order chi connectivity index (χ0) is 15.6. The van der Waals surface area contributed by atoms with Gasteiger partial charge in [0.2, 0.25) is 0 Å². The van der Waals surface area contributed by atoms with Crippen molar-refractivity contribution in [2.75, 3.05) is 0 Å². The van der Waals surface area contributed by atoms with E-state index in [4.69, 9.17) is 5.11 Å². The highest BCUT2D eigenvalue weighted by atomic mass is 16.4. The first-order valence-electron chi connectivity index (χ1n) is 6.49. The zero-order valence-electron chi connectivity index (χ0n) is 11.6. The van der Waals surface area contributed by atoms with Crippen LogP contribution in [0.2, 0.25) is 0 Å². The standard InChI is InChI=1S/C13H16N4O4/c1-3-17-10-5-4-8(6-9(10)15-16-17)12(19)14-11(7(2)18)13(20)21/h4-7,11,18H,3H2,1-2H3,(H,14,19)(H,20,21)/t7-,11+/m1/s1. The predicted molar refractivity (Wildman–Crippen MR) is 73.8 cm³/mol. The molecular weight excluding hydrogens is 276 g/mol. The predicted octanol–water partition coefficient (Wildman–Crippen LogP) is 0.0150. The molecule has 1 amide bonds. The van der Waals surface area contributed by atoms with Crippen LogP contribution in [0.1, 0.15) is 24.2 Å². The Morgan fingerprint density at radius 1 is 1.43 bits per heavy atom. The molecule has 1 aromatic carbocycles. The Bertz CT molecular complexity index is 680. The van der Waals surface area contributed by atoms with Crippen LogP contribution >= 0.6 is 0 Å². The quantitative estimate of drug-likeness (QED) is 0.715. The summed E-state index contributed by atoms with van der Waals surface area (Å²) < 4.78 is 1.69. The number of aliphatic carboxylic acids is 1. The van der Waals surface area contributed by atoms with Gasteiger partial charge in [-0.3, -0.25) is 4.79 Å². The van der Waals surface area contributed by atoms with Crippen molar-refractivity contribution < 1.29 is 19.8 Å². The fraction of sp³-hybridized carbons (Fsp3) is 0.385. The topological polar surface area (TPSA) is 117 Å². The summed E-state index contributed by atoms with van der Waals surface area (Å²) in [5.41, 5.74) is 1.60. The molecule has 0 aliphatic rings. The molecule has 1 heterocycles.